The quantitative estimate of drug-likeness (QED) is 0.586. The highest BCUT2D eigenvalue weighted by atomic mass is 32.3. The van der Waals surface area contributed by atoms with E-state index in [1.807, 2.05) is 0 Å². The van der Waals surface area contributed by atoms with Crippen molar-refractivity contribution in [2.75, 3.05) is 11.5 Å². The van der Waals surface area contributed by atoms with Crippen LogP contribution in [0.5, 0.6) is 0 Å². The predicted octanol–water partition coefficient (Wildman–Crippen LogP) is 1.18. The SMILES string of the molecule is O=S1CCS(=O)C12C[C@@H]1C=C[C@H]2CC1. The van der Waals surface area contributed by atoms with E-state index >= 15 is 0 Å². The highest BCUT2D eigenvalue weighted by molar-refractivity contribution is 8.07. The molecule has 4 aliphatic rings. The molecule has 2 bridgehead atoms. The molecule has 0 aromatic carbocycles. The fourth-order valence-corrected chi connectivity index (χ4v) is 8.15. The lowest BCUT2D eigenvalue weighted by Crippen LogP contribution is -2.48. The van der Waals surface area contributed by atoms with Crippen LogP contribution >= 0.6 is 0 Å². The average Bonchev–Trinajstić information content (AvgIpc) is 2.49. The Hall–Kier alpha value is 0.0400. The van der Waals surface area contributed by atoms with Crippen LogP contribution in [-0.2, 0) is 21.6 Å². The maximum absolute atomic E-state index is 12.0. The van der Waals surface area contributed by atoms with Crippen LogP contribution < -0.4 is 0 Å². The monoisotopic (exact) mass is 230 g/mol. The summed E-state index contributed by atoms with van der Waals surface area (Å²) < 4.78 is 23.7. The summed E-state index contributed by atoms with van der Waals surface area (Å²) in [6.07, 6.45) is 7.63. The van der Waals surface area contributed by atoms with Gasteiger partial charge in [-0.1, -0.05) is 12.2 Å². The first-order chi connectivity index (χ1) is 6.73. The zero-order valence-corrected chi connectivity index (χ0v) is 9.61. The van der Waals surface area contributed by atoms with Gasteiger partial charge >= 0.3 is 0 Å². The van der Waals surface area contributed by atoms with E-state index in [2.05, 4.69) is 12.2 Å². The Bertz CT molecular complexity index is 332. The van der Waals surface area contributed by atoms with Gasteiger partial charge in [0.05, 0.1) is 0 Å². The van der Waals surface area contributed by atoms with Crippen LogP contribution in [0.4, 0.5) is 0 Å². The Morgan fingerprint density at radius 1 is 1.07 bits per heavy atom. The largest absolute Gasteiger partial charge is 0.258 e. The van der Waals surface area contributed by atoms with Crippen molar-refractivity contribution in [3.63, 3.8) is 0 Å². The minimum Gasteiger partial charge on any atom is -0.258 e. The third-order valence-corrected chi connectivity index (χ3v) is 8.80. The maximum atomic E-state index is 12.0. The van der Waals surface area contributed by atoms with Gasteiger partial charge in [-0.25, -0.2) is 0 Å². The van der Waals surface area contributed by atoms with E-state index in [1.54, 1.807) is 0 Å². The summed E-state index contributed by atoms with van der Waals surface area (Å²) in [5.41, 5.74) is 0. The van der Waals surface area contributed by atoms with E-state index in [4.69, 9.17) is 0 Å². The average molecular weight is 230 g/mol. The summed E-state index contributed by atoms with van der Waals surface area (Å²) in [6, 6.07) is 0. The lowest BCUT2D eigenvalue weighted by atomic mass is 9.75. The molecule has 14 heavy (non-hydrogen) atoms. The Balaban J connectivity index is 2.08. The molecule has 78 valence electrons. The van der Waals surface area contributed by atoms with Crippen LogP contribution in [0.3, 0.4) is 0 Å². The summed E-state index contributed by atoms with van der Waals surface area (Å²) in [5, 5.41) is 0. The minimum atomic E-state index is -0.849. The van der Waals surface area contributed by atoms with Gasteiger partial charge in [0, 0.05) is 39.0 Å². The summed E-state index contributed by atoms with van der Waals surface area (Å²) in [7, 11) is -1.70. The Kier molecular flexibility index (Phi) is 2.00. The van der Waals surface area contributed by atoms with E-state index in [0.717, 1.165) is 12.8 Å². The van der Waals surface area contributed by atoms with Crippen LogP contribution in [0.25, 0.3) is 0 Å². The fraction of sp³-hybridized carbons (Fsp3) is 0.800. The first-order valence-electron chi connectivity index (χ1n) is 5.19. The van der Waals surface area contributed by atoms with Gasteiger partial charge in [-0.3, -0.25) is 8.42 Å². The predicted molar refractivity (Wildman–Crippen MR) is 58.7 cm³/mol. The van der Waals surface area contributed by atoms with Gasteiger partial charge in [-0.2, -0.15) is 0 Å². The van der Waals surface area contributed by atoms with Crippen molar-refractivity contribution in [1.82, 2.24) is 0 Å². The fourth-order valence-electron chi connectivity index (χ4n) is 3.05. The highest BCUT2D eigenvalue weighted by Crippen LogP contribution is 2.50. The number of rotatable bonds is 0. The second kappa shape index (κ2) is 3.01. The lowest BCUT2D eigenvalue weighted by Gasteiger charge is -2.44. The van der Waals surface area contributed by atoms with Crippen molar-refractivity contribution < 1.29 is 8.42 Å². The van der Waals surface area contributed by atoms with Gasteiger partial charge in [-0.05, 0) is 25.2 Å². The van der Waals surface area contributed by atoms with Crippen LogP contribution in [0.1, 0.15) is 19.3 Å². The zero-order chi connectivity index (χ0) is 9.76. The standard InChI is InChI=1S/C10H14O2S2/c11-13-5-6-14(12)10(13)7-8-1-3-9(10)4-2-8/h1,3,8-9H,2,4-7H2/t8-,9+,10?,13?,14?/m1/s1. The van der Waals surface area contributed by atoms with E-state index in [9.17, 15) is 8.42 Å². The number of hydrogen-bond acceptors (Lipinski definition) is 2. The van der Waals surface area contributed by atoms with E-state index in [1.165, 1.54) is 6.42 Å². The Morgan fingerprint density at radius 2 is 1.79 bits per heavy atom. The Morgan fingerprint density at radius 3 is 2.21 bits per heavy atom. The van der Waals surface area contributed by atoms with Crippen molar-refractivity contribution in [2.45, 2.75) is 23.3 Å². The van der Waals surface area contributed by atoms with Crippen molar-refractivity contribution in [2.24, 2.45) is 11.8 Å². The molecule has 0 radical (unpaired) electrons. The first kappa shape index (κ1) is 9.28. The second-order valence-corrected chi connectivity index (χ2v) is 8.36. The van der Waals surface area contributed by atoms with Crippen molar-refractivity contribution in [3.8, 4) is 0 Å². The molecule has 1 aliphatic heterocycles. The Labute approximate surface area is 89.1 Å². The first-order valence-corrected chi connectivity index (χ1v) is 7.82. The second-order valence-electron chi connectivity index (χ2n) is 4.44. The number of fused-ring (bicyclic) bond motifs is 1. The molecule has 2 unspecified atom stereocenters. The van der Waals surface area contributed by atoms with Crippen LogP contribution in [0, 0.1) is 11.8 Å². The molecule has 1 saturated heterocycles. The van der Waals surface area contributed by atoms with E-state index in [-0.39, 0.29) is 4.08 Å². The zero-order valence-electron chi connectivity index (χ0n) is 7.98. The molecule has 4 atom stereocenters. The van der Waals surface area contributed by atoms with Gasteiger partial charge in [-0.15, -0.1) is 0 Å². The van der Waals surface area contributed by atoms with Gasteiger partial charge in [0.2, 0.25) is 0 Å². The van der Waals surface area contributed by atoms with Gasteiger partial charge < -0.3 is 0 Å². The summed E-state index contributed by atoms with van der Waals surface area (Å²) in [6.45, 7) is 0. The molecule has 0 N–H and O–H groups in total. The van der Waals surface area contributed by atoms with Gasteiger partial charge in [0.25, 0.3) is 0 Å². The van der Waals surface area contributed by atoms with Crippen molar-refractivity contribution in [1.29, 1.82) is 0 Å². The van der Waals surface area contributed by atoms with Crippen molar-refractivity contribution in [3.05, 3.63) is 12.2 Å². The topological polar surface area (TPSA) is 34.1 Å². The molecule has 1 spiro atoms. The molecule has 0 aromatic rings. The highest BCUT2D eigenvalue weighted by Gasteiger charge is 2.56. The molecule has 4 heteroatoms. The molecule has 1 heterocycles. The number of allylic oxidation sites excluding steroid dienone is 2. The van der Waals surface area contributed by atoms with Crippen LogP contribution in [0.15, 0.2) is 12.2 Å². The molecule has 0 aromatic heterocycles. The minimum absolute atomic E-state index is 0.330. The third kappa shape index (κ3) is 1.01. The molecule has 2 fully saturated rings. The van der Waals surface area contributed by atoms with Gasteiger partial charge in [0.15, 0.2) is 0 Å². The summed E-state index contributed by atoms with van der Waals surface area (Å²) >= 11 is 0. The summed E-state index contributed by atoms with van der Waals surface area (Å²) in [4.78, 5) is 0. The number of hydrogen-bond donors (Lipinski definition) is 0. The smallest absolute Gasteiger partial charge is 0.127 e. The molecule has 3 aliphatic carbocycles. The molecule has 0 amide bonds. The van der Waals surface area contributed by atoms with E-state index in [0.29, 0.717) is 23.3 Å². The van der Waals surface area contributed by atoms with Crippen molar-refractivity contribution >= 4 is 21.6 Å². The van der Waals surface area contributed by atoms with Gasteiger partial charge in [0.1, 0.15) is 4.08 Å². The third-order valence-electron chi connectivity index (χ3n) is 3.80. The van der Waals surface area contributed by atoms with Crippen LogP contribution in [-0.4, -0.2) is 24.0 Å². The summed E-state index contributed by atoms with van der Waals surface area (Å²) in [5.74, 6) is 2.19. The maximum Gasteiger partial charge on any atom is 0.127 e. The normalized spacial score (nSPS) is 55.7. The lowest BCUT2D eigenvalue weighted by molar-refractivity contribution is 0.311. The van der Waals surface area contributed by atoms with E-state index < -0.39 is 21.6 Å². The molecule has 1 saturated carbocycles. The molecular formula is C10H14O2S2. The van der Waals surface area contributed by atoms with Crippen LogP contribution in [0.2, 0.25) is 0 Å². The molecular weight excluding hydrogens is 216 g/mol. The molecule has 4 rings (SSSR count). The molecule has 2 nitrogen and oxygen atoms in total.